The first-order chi connectivity index (χ1) is 11.7. The molecule has 3 heterocycles. The van der Waals surface area contributed by atoms with E-state index in [4.69, 9.17) is 4.74 Å². The average molecular weight is 350 g/mol. The largest absolute Gasteiger partial charge is 0.489 e. The molecule has 0 saturated carbocycles. The van der Waals surface area contributed by atoms with Crippen molar-refractivity contribution in [1.82, 2.24) is 15.3 Å². The van der Waals surface area contributed by atoms with Crippen molar-refractivity contribution in [1.29, 1.82) is 0 Å². The van der Waals surface area contributed by atoms with Crippen LogP contribution >= 0.6 is 0 Å². The number of aliphatic hydroxyl groups is 1. The van der Waals surface area contributed by atoms with Gasteiger partial charge in [0.1, 0.15) is 18.3 Å². The Morgan fingerprint density at radius 2 is 2.08 bits per heavy atom. The third-order valence-electron chi connectivity index (χ3n) is 4.41. The molecular weight excluding hydrogens is 328 g/mol. The topological polar surface area (TPSA) is 125 Å². The number of ether oxygens (including phenoxy) is 1. The number of hydrogen-bond donors (Lipinski definition) is 3. The minimum absolute atomic E-state index is 0.0359. The maximum atomic E-state index is 12.0. The second-order valence-corrected chi connectivity index (χ2v) is 7.04. The summed E-state index contributed by atoms with van der Waals surface area (Å²) in [5.74, 6) is -1.65. The molecule has 0 radical (unpaired) electrons. The van der Waals surface area contributed by atoms with Crippen molar-refractivity contribution >= 4 is 17.7 Å². The van der Waals surface area contributed by atoms with E-state index in [0.29, 0.717) is 24.8 Å². The van der Waals surface area contributed by atoms with Crippen molar-refractivity contribution in [3.8, 4) is 5.75 Å². The van der Waals surface area contributed by atoms with Crippen molar-refractivity contribution in [3.63, 3.8) is 0 Å². The summed E-state index contributed by atoms with van der Waals surface area (Å²) in [5.41, 5.74) is -0.708. The highest BCUT2D eigenvalue weighted by Gasteiger charge is 2.40. The van der Waals surface area contributed by atoms with Gasteiger partial charge in [-0.3, -0.25) is 9.59 Å². The predicted octanol–water partition coefficient (Wildman–Crippen LogP) is -0.553. The number of hydrogen-bond acceptors (Lipinski definition) is 8. The molecule has 1 aromatic heterocycles. The second-order valence-electron chi connectivity index (χ2n) is 7.04. The average Bonchev–Trinajstić information content (AvgIpc) is 2.50. The van der Waals surface area contributed by atoms with E-state index in [1.807, 2.05) is 11.8 Å². The maximum absolute atomic E-state index is 12.0. The number of carbonyl (C=O) groups is 2. The summed E-state index contributed by atoms with van der Waals surface area (Å²) in [5, 5.41) is 22.1. The minimum Gasteiger partial charge on any atom is -0.489 e. The molecule has 0 spiro atoms. The molecule has 1 unspecified atom stereocenters. The zero-order chi connectivity index (χ0) is 18.2. The number of aromatic nitrogens is 2. The molecule has 3 N–H and O–H groups in total. The third kappa shape index (κ3) is 3.88. The first kappa shape index (κ1) is 17.6. The number of ketones is 1. The Morgan fingerprint density at radius 1 is 1.44 bits per heavy atom. The van der Waals surface area contributed by atoms with E-state index in [1.165, 1.54) is 12.4 Å². The summed E-state index contributed by atoms with van der Waals surface area (Å²) in [6, 6.07) is -0.687. The van der Waals surface area contributed by atoms with E-state index in [9.17, 15) is 19.8 Å². The Hall–Kier alpha value is -2.26. The molecule has 2 aliphatic rings. The number of carboxylic acids is 1. The number of Topliss-reactive ketones (excluding diaryl/α,β-unsaturated/α-hetero) is 1. The number of rotatable bonds is 5. The van der Waals surface area contributed by atoms with Crippen LogP contribution in [0.3, 0.4) is 0 Å². The van der Waals surface area contributed by atoms with Crippen molar-refractivity contribution in [2.75, 3.05) is 24.6 Å². The molecule has 25 heavy (non-hydrogen) atoms. The summed E-state index contributed by atoms with van der Waals surface area (Å²) in [4.78, 5) is 33.5. The molecule has 9 heteroatoms. The lowest BCUT2D eigenvalue weighted by atomic mass is 9.87. The monoisotopic (exact) mass is 350 g/mol. The van der Waals surface area contributed by atoms with E-state index in [-0.39, 0.29) is 24.9 Å². The lowest BCUT2D eigenvalue weighted by Crippen LogP contribution is -2.60. The van der Waals surface area contributed by atoms with Crippen molar-refractivity contribution in [2.24, 2.45) is 5.92 Å². The highest BCUT2D eigenvalue weighted by molar-refractivity contribution is 5.99. The molecule has 0 aromatic carbocycles. The number of anilines is 1. The smallest absolute Gasteiger partial charge is 0.315 e. The Labute approximate surface area is 145 Å². The van der Waals surface area contributed by atoms with Crippen LogP contribution in [0.15, 0.2) is 12.4 Å². The van der Waals surface area contributed by atoms with Gasteiger partial charge in [0, 0.05) is 12.5 Å². The maximum Gasteiger partial charge on any atom is 0.315 e. The van der Waals surface area contributed by atoms with Crippen LogP contribution in [0.4, 0.5) is 5.95 Å². The first-order valence-electron chi connectivity index (χ1n) is 8.19. The minimum atomic E-state index is -1.14. The van der Waals surface area contributed by atoms with Crippen LogP contribution in [0, 0.1) is 5.92 Å². The van der Waals surface area contributed by atoms with Gasteiger partial charge in [-0.15, -0.1) is 0 Å². The molecule has 0 aliphatic carbocycles. The van der Waals surface area contributed by atoms with Gasteiger partial charge in [0.05, 0.1) is 37.1 Å². The number of carbonyl (C=O) groups excluding carboxylic acids is 1. The Morgan fingerprint density at radius 3 is 2.64 bits per heavy atom. The number of nitrogens with one attached hydrogen (secondary N) is 1. The molecule has 2 saturated heterocycles. The van der Waals surface area contributed by atoms with Crippen LogP contribution in [-0.2, 0) is 9.59 Å². The Balaban J connectivity index is 1.59. The molecular formula is C16H22N4O5. The fraction of sp³-hybridized carbons (Fsp3) is 0.625. The van der Waals surface area contributed by atoms with E-state index in [1.54, 1.807) is 6.92 Å². The van der Waals surface area contributed by atoms with Gasteiger partial charge >= 0.3 is 5.97 Å². The lowest BCUT2D eigenvalue weighted by Gasteiger charge is -2.44. The summed E-state index contributed by atoms with van der Waals surface area (Å²) in [6.07, 6.45) is 3.20. The van der Waals surface area contributed by atoms with Crippen LogP contribution in [0.1, 0.15) is 20.3 Å². The summed E-state index contributed by atoms with van der Waals surface area (Å²) in [7, 11) is 0. The second kappa shape index (κ2) is 6.57. The predicted molar refractivity (Wildman–Crippen MR) is 87.5 cm³/mol. The van der Waals surface area contributed by atoms with Crippen molar-refractivity contribution < 1.29 is 24.5 Å². The fourth-order valence-electron chi connectivity index (χ4n) is 3.28. The summed E-state index contributed by atoms with van der Waals surface area (Å²) >= 11 is 0. The molecule has 3 rings (SSSR count). The van der Waals surface area contributed by atoms with Gasteiger partial charge in [-0.2, -0.15) is 0 Å². The third-order valence-corrected chi connectivity index (χ3v) is 4.41. The van der Waals surface area contributed by atoms with Crippen LogP contribution in [0.2, 0.25) is 0 Å². The highest BCUT2D eigenvalue weighted by Crippen LogP contribution is 2.25. The molecule has 0 amide bonds. The van der Waals surface area contributed by atoms with Crippen LogP contribution < -0.4 is 15.0 Å². The molecule has 1 aromatic rings. The van der Waals surface area contributed by atoms with E-state index in [2.05, 4.69) is 15.3 Å². The van der Waals surface area contributed by atoms with Gasteiger partial charge in [0.15, 0.2) is 5.75 Å². The summed E-state index contributed by atoms with van der Waals surface area (Å²) in [6.45, 7) is 4.56. The normalized spacial score (nSPS) is 28.4. The van der Waals surface area contributed by atoms with Gasteiger partial charge in [0.25, 0.3) is 0 Å². The lowest BCUT2D eigenvalue weighted by molar-refractivity contribution is -0.149. The number of β-amino-alcohol motifs (C(OH)–C–C–N with tert-alkyl or cyclic N) is 1. The Kier molecular flexibility index (Phi) is 4.61. The van der Waals surface area contributed by atoms with Gasteiger partial charge in [-0.1, -0.05) is 0 Å². The van der Waals surface area contributed by atoms with E-state index < -0.39 is 23.5 Å². The molecule has 2 fully saturated rings. The van der Waals surface area contributed by atoms with Crippen LogP contribution in [0.5, 0.6) is 5.75 Å². The van der Waals surface area contributed by atoms with Gasteiger partial charge in [-0.25, -0.2) is 9.97 Å². The first-order valence-corrected chi connectivity index (χ1v) is 8.19. The van der Waals surface area contributed by atoms with E-state index >= 15 is 0 Å². The molecule has 0 bridgehead atoms. The number of carboxylic acid groups (broad SMARTS) is 1. The summed E-state index contributed by atoms with van der Waals surface area (Å²) < 4.78 is 5.58. The van der Waals surface area contributed by atoms with Crippen LogP contribution in [-0.4, -0.2) is 69.3 Å². The molecule has 136 valence electrons. The zero-order valence-corrected chi connectivity index (χ0v) is 14.2. The molecule has 9 nitrogen and oxygen atoms in total. The fourth-order valence-corrected chi connectivity index (χ4v) is 3.28. The molecule has 3 atom stereocenters. The van der Waals surface area contributed by atoms with Gasteiger partial charge in [0.2, 0.25) is 5.95 Å². The SMILES string of the molecule is C[C@H]1CC(=O)C(C(=O)O)[C@@H](COc2cnc(N3CC(C)(O)C3)nc2)N1. The van der Waals surface area contributed by atoms with E-state index in [0.717, 1.165) is 0 Å². The standard InChI is InChI=1S/C16H22N4O5/c1-9-3-12(21)13(14(22)23)11(19-9)6-25-10-4-17-15(18-5-10)20-7-16(2,24)8-20/h4-5,9,11,13,19,24H,3,6-8H2,1-2H3,(H,22,23)/t9-,11+,13?/m0/s1. The highest BCUT2D eigenvalue weighted by atomic mass is 16.5. The zero-order valence-electron chi connectivity index (χ0n) is 14.2. The Bertz CT molecular complexity index is 655. The van der Waals surface area contributed by atoms with Crippen molar-refractivity contribution in [3.05, 3.63) is 12.4 Å². The quantitative estimate of drug-likeness (QED) is 0.600. The molecule has 2 aliphatic heterocycles. The van der Waals surface area contributed by atoms with Crippen LogP contribution in [0.25, 0.3) is 0 Å². The van der Waals surface area contributed by atoms with Gasteiger partial charge in [-0.05, 0) is 13.8 Å². The number of piperidine rings is 1. The number of aliphatic carboxylic acids is 1. The van der Waals surface area contributed by atoms with Gasteiger partial charge < -0.3 is 25.2 Å². The van der Waals surface area contributed by atoms with Crippen molar-refractivity contribution in [2.45, 2.75) is 38.0 Å². The number of nitrogens with zero attached hydrogens (tertiary/aromatic N) is 3.